The molecule has 0 bridgehead atoms. The summed E-state index contributed by atoms with van der Waals surface area (Å²) in [6, 6.07) is 4.69. The van der Waals surface area contributed by atoms with Crippen LogP contribution in [0.3, 0.4) is 0 Å². The molecule has 0 saturated carbocycles. The lowest BCUT2D eigenvalue weighted by atomic mass is 10.1. The first kappa shape index (κ1) is 14.2. The summed E-state index contributed by atoms with van der Waals surface area (Å²) in [5.74, 6) is 0.445. The van der Waals surface area contributed by atoms with Crippen LogP contribution in [0.1, 0.15) is 19.8 Å². The molecule has 1 unspecified atom stereocenters. The summed E-state index contributed by atoms with van der Waals surface area (Å²) in [5.41, 5.74) is 0.637. The number of methoxy groups -OCH3 is 1. The number of ether oxygens (including phenoxy) is 1. The van der Waals surface area contributed by atoms with E-state index in [1.807, 2.05) is 6.92 Å². The molecule has 0 radical (unpaired) electrons. The Labute approximate surface area is 106 Å². The summed E-state index contributed by atoms with van der Waals surface area (Å²) < 4.78 is 5.02. The fraction of sp³-hybridized carbons (Fsp3) is 0.500. The van der Waals surface area contributed by atoms with Crippen molar-refractivity contribution in [3.05, 3.63) is 28.3 Å². The van der Waals surface area contributed by atoms with Crippen LogP contribution in [0.4, 0.5) is 11.4 Å². The normalized spacial score (nSPS) is 11.9. The van der Waals surface area contributed by atoms with E-state index in [4.69, 9.17) is 9.84 Å². The second kappa shape index (κ2) is 6.80. The Hall–Kier alpha value is -1.82. The molecular weight excluding hydrogens is 236 g/mol. The van der Waals surface area contributed by atoms with Gasteiger partial charge in [-0.1, -0.05) is 0 Å². The maximum Gasteiger partial charge on any atom is 0.275 e. The number of anilines is 1. The molecule has 0 saturated heterocycles. The number of non-ortho nitro benzene ring substituents is 1. The number of nitro groups is 1. The molecule has 2 N–H and O–H groups in total. The molecule has 0 aliphatic rings. The number of rotatable bonds is 7. The quantitative estimate of drug-likeness (QED) is 0.575. The lowest BCUT2D eigenvalue weighted by Crippen LogP contribution is -2.15. The highest BCUT2D eigenvalue weighted by Gasteiger charge is 2.11. The third-order valence-electron chi connectivity index (χ3n) is 2.55. The summed E-state index contributed by atoms with van der Waals surface area (Å²) in [4.78, 5) is 10.3. The average molecular weight is 254 g/mol. The minimum atomic E-state index is -0.452. The van der Waals surface area contributed by atoms with Gasteiger partial charge in [-0.25, -0.2) is 0 Å². The van der Waals surface area contributed by atoms with E-state index in [2.05, 4.69) is 5.32 Å². The summed E-state index contributed by atoms with van der Waals surface area (Å²) in [7, 11) is 1.47. The molecule has 0 fully saturated rings. The van der Waals surface area contributed by atoms with Crippen molar-refractivity contribution < 1.29 is 14.8 Å². The molecule has 1 aromatic carbocycles. The van der Waals surface area contributed by atoms with E-state index < -0.39 is 4.92 Å². The Kier molecular flexibility index (Phi) is 5.38. The molecule has 1 aromatic rings. The average Bonchev–Trinajstić information content (AvgIpc) is 2.35. The number of hydrogen-bond donors (Lipinski definition) is 2. The van der Waals surface area contributed by atoms with Gasteiger partial charge < -0.3 is 15.2 Å². The number of nitrogens with zero attached hydrogens (tertiary/aromatic N) is 1. The lowest BCUT2D eigenvalue weighted by Gasteiger charge is -2.15. The first-order chi connectivity index (χ1) is 8.56. The largest absolute Gasteiger partial charge is 0.496 e. The topological polar surface area (TPSA) is 84.6 Å². The highest BCUT2D eigenvalue weighted by molar-refractivity contribution is 5.56. The second-order valence-electron chi connectivity index (χ2n) is 4.09. The van der Waals surface area contributed by atoms with Crippen LogP contribution in [-0.4, -0.2) is 29.8 Å². The van der Waals surface area contributed by atoms with Gasteiger partial charge in [0.2, 0.25) is 0 Å². The van der Waals surface area contributed by atoms with Gasteiger partial charge in [-0.3, -0.25) is 10.1 Å². The van der Waals surface area contributed by atoms with Gasteiger partial charge in [0.05, 0.1) is 18.1 Å². The van der Waals surface area contributed by atoms with Crippen molar-refractivity contribution in [2.45, 2.75) is 25.8 Å². The van der Waals surface area contributed by atoms with E-state index >= 15 is 0 Å². The third kappa shape index (κ3) is 4.21. The van der Waals surface area contributed by atoms with Crippen molar-refractivity contribution in [1.29, 1.82) is 0 Å². The molecule has 0 aliphatic carbocycles. The van der Waals surface area contributed by atoms with Crippen LogP contribution in [0.5, 0.6) is 5.75 Å². The highest BCUT2D eigenvalue weighted by Crippen LogP contribution is 2.26. The third-order valence-corrected chi connectivity index (χ3v) is 2.55. The van der Waals surface area contributed by atoms with E-state index in [1.165, 1.54) is 19.2 Å². The van der Waals surface area contributed by atoms with Crippen LogP contribution in [0.2, 0.25) is 0 Å². The molecule has 0 aromatic heterocycles. The molecule has 0 spiro atoms. The molecule has 6 heteroatoms. The molecule has 18 heavy (non-hydrogen) atoms. The minimum Gasteiger partial charge on any atom is -0.496 e. The van der Waals surface area contributed by atoms with Crippen LogP contribution < -0.4 is 10.1 Å². The van der Waals surface area contributed by atoms with Crippen molar-refractivity contribution in [3.8, 4) is 5.75 Å². The molecule has 0 amide bonds. The zero-order chi connectivity index (χ0) is 13.5. The number of hydrogen-bond acceptors (Lipinski definition) is 5. The maximum absolute atomic E-state index is 10.8. The first-order valence-electron chi connectivity index (χ1n) is 5.77. The van der Waals surface area contributed by atoms with Gasteiger partial charge >= 0.3 is 0 Å². The number of aliphatic hydroxyl groups is 1. The van der Waals surface area contributed by atoms with Gasteiger partial charge in [-0.2, -0.15) is 0 Å². The Morgan fingerprint density at radius 3 is 2.78 bits per heavy atom. The van der Waals surface area contributed by atoms with Crippen LogP contribution in [0.25, 0.3) is 0 Å². The van der Waals surface area contributed by atoms with Crippen molar-refractivity contribution in [2.75, 3.05) is 19.0 Å². The van der Waals surface area contributed by atoms with Crippen molar-refractivity contribution in [2.24, 2.45) is 0 Å². The SMILES string of the molecule is COc1cc(NC(C)CCCO)cc([N+](=O)[O-])c1. The van der Waals surface area contributed by atoms with E-state index in [-0.39, 0.29) is 18.3 Å². The molecule has 0 aliphatic heterocycles. The Morgan fingerprint density at radius 1 is 1.50 bits per heavy atom. The maximum atomic E-state index is 10.8. The minimum absolute atomic E-state index is 0.00814. The Morgan fingerprint density at radius 2 is 2.22 bits per heavy atom. The van der Waals surface area contributed by atoms with Crippen molar-refractivity contribution in [1.82, 2.24) is 0 Å². The smallest absolute Gasteiger partial charge is 0.275 e. The zero-order valence-corrected chi connectivity index (χ0v) is 10.5. The van der Waals surface area contributed by atoms with Gasteiger partial charge in [0.15, 0.2) is 0 Å². The van der Waals surface area contributed by atoms with Crippen LogP contribution in [0.15, 0.2) is 18.2 Å². The van der Waals surface area contributed by atoms with Gasteiger partial charge in [0.1, 0.15) is 5.75 Å². The van der Waals surface area contributed by atoms with Crippen LogP contribution in [0, 0.1) is 10.1 Å². The highest BCUT2D eigenvalue weighted by atomic mass is 16.6. The first-order valence-corrected chi connectivity index (χ1v) is 5.77. The van der Waals surface area contributed by atoms with Gasteiger partial charge in [-0.05, 0) is 19.8 Å². The van der Waals surface area contributed by atoms with Crippen LogP contribution >= 0.6 is 0 Å². The van der Waals surface area contributed by atoms with Crippen LogP contribution in [-0.2, 0) is 0 Å². The molecule has 6 nitrogen and oxygen atoms in total. The molecule has 100 valence electrons. The molecule has 0 heterocycles. The summed E-state index contributed by atoms with van der Waals surface area (Å²) >= 11 is 0. The Balaban J connectivity index is 2.81. The second-order valence-corrected chi connectivity index (χ2v) is 4.09. The molecule has 1 rings (SSSR count). The van der Waals surface area contributed by atoms with Gasteiger partial charge in [-0.15, -0.1) is 0 Å². The summed E-state index contributed by atoms with van der Waals surface area (Å²) in [6.45, 7) is 2.10. The van der Waals surface area contributed by atoms with Crippen molar-refractivity contribution >= 4 is 11.4 Å². The summed E-state index contributed by atoms with van der Waals surface area (Å²) in [5, 5.41) is 22.7. The predicted octanol–water partition coefficient (Wildman–Crippen LogP) is 2.18. The monoisotopic (exact) mass is 254 g/mol. The fourth-order valence-electron chi connectivity index (χ4n) is 1.64. The molecule has 1 atom stereocenters. The van der Waals surface area contributed by atoms with E-state index in [0.717, 1.165) is 6.42 Å². The summed E-state index contributed by atoms with van der Waals surface area (Å²) in [6.07, 6.45) is 1.49. The molecular formula is C12H18N2O4. The van der Waals surface area contributed by atoms with E-state index in [0.29, 0.717) is 17.9 Å². The van der Waals surface area contributed by atoms with Gasteiger partial charge in [0, 0.05) is 30.5 Å². The fourth-order valence-corrected chi connectivity index (χ4v) is 1.64. The number of benzene rings is 1. The number of nitrogens with one attached hydrogen (secondary N) is 1. The predicted molar refractivity (Wildman–Crippen MR) is 69.1 cm³/mol. The zero-order valence-electron chi connectivity index (χ0n) is 10.5. The lowest BCUT2D eigenvalue weighted by molar-refractivity contribution is -0.384. The van der Waals surface area contributed by atoms with E-state index in [9.17, 15) is 10.1 Å². The Bertz CT molecular complexity index is 409. The van der Waals surface area contributed by atoms with Crippen molar-refractivity contribution in [3.63, 3.8) is 0 Å². The standard InChI is InChI=1S/C12H18N2O4/c1-9(4-3-5-15)13-10-6-11(14(16)17)8-12(7-10)18-2/h6-9,13,15H,3-5H2,1-2H3. The number of nitro benzene ring substituents is 1. The number of aliphatic hydroxyl groups excluding tert-OH is 1. The van der Waals surface area contributed by atoms with E-state index in [1.54, 1.807) is 6.07 Å². The van der Waals surface area contributed by atoms with Gasteiger partial charge in [0.25, 0.3) is 5.69 Å².